The topological polar surface area (TPSA) is 101 Å². The Balaban J connectivity index is 1.33. The van der Waals surface area contributed by atoms with Gasteiger partial charge in [-0.05, 0) is 79.6 Å². The average molecular weight is 440 g/mol. The van der Waals surface area contributed by atoms with E-state index < -0.39 is 4.92 Å². The molecule has 32 heavy (non-hydrogen) atoms. The number of non-ortho nitro benzene ring substituents is 1. The normalized spacial score (nSPS) is 40.4. The first-order chi connectivity index (χ1) is 15.2. The lowest BCUT2D eigenvalue weighted by atomic mass is 9.47. The van der Waals surface area contributed by atoms with E-state index in [1.165, 1.54) is 12.1 Å². The monoisotopic (exact) mass is 439 g/mol. The van der Waals surface area contributed by atoms with Crippen LogP contribution in [0.25, 0.3) is 0 Å². The lowest BCUT2D eigenvalue weighted by molar-refractivity contribution is -0.384. The standard InChI is InChI=1S/C25H33N3O4/c1-24-12-10-19-17(6-8-20-25(19,2)13-11-22(29)26-20)18(24)7-9-21(24)27-23(30)15-4-3-5-16(14-15)28(31)32/h3-5,14,17-21H,6-13H2,1-2H3,(H,26,29)(H,27,30)/t17-,18-,19+,20?,21?,24-,25+/m0/s1. The average Bonchev–Trinajstić information content (AvgIpc) is 3.10. The number of piperidine rings is 1. The van der Waals surface area contributed by atoms with Crippen LogP contribution in [0.2, 0.25) is 0 Å². The van der Waals surface area contributed by atoms with Gasteiger partial charge in [0.25, 0.3) is 11.6 Å². The first-order valence-electron chi connectivity index (χ1n) is 12.1. The van der Waals surface area contributed by atoms with Crippen LogP contribution in [0.15, 0.2) is 24.3 Å². The molecule has 1 aliphatic heterocycles. The first-order valence-corrected chi connectivity index (χ1v) is 12.1. The summed E-state index contributed by atoms with van der Waals surface area (Å²) in [6.45, 7) is 4.74. The van der Waals surface area contributed by atoms with Crippen molar-refractivity contribution >= 4 is 17.5 Å². The smallest absolute Gasteiger partial charge is 0.270 e. The molecule has 7 nitrogen and oxygen atoms in total. The summed E-state index contributed by atoms with van der Waals surface area (Å²) in [6, 6.07) is 6.39. The van der Waals surface area contributed by atoms with Crippen LogP contribution >= 0.6 is 0 Å². The van der Waals surface area contributed by atoms with Gasteiger partial charge in [0.2, 0.25) is 5.91 Å². The fourth-order valence-corrected chi connectivity index (χ4v) is 7.94. The number of benzene rings is 1. The summed E-state index contributed by atoms with van der Waals surface area (Å²) in [6.07, 6.45) is 8.13. The van der Waals surface area contributed by atoms with Gasteiger partial charge in [-0.3, -0.25) is 19.7 Å². The van der Waals surface area contributed by atoms with Crippen LogP contribution in [0.1, 0.15) is 75.6 Å². The highest BCUT2D eigenvalue weighted by atomic mass is 16.6. The van der Waals surface area contributed by atoms with Gasteiger partial charge in [-0.25, -0.2) is 0 Å². The Bertz CT molecular complexity index is 964. The molecule has 4 fully saturated rings. The van der Waals surface area contributed by atoms with Crippen molar-refractivity contribution in [3.8, 4) is 0 Å². The van der Waals surface area contributed by atoms with Crippen molar-refractivity contribution in [3.05, 3.63) is 39.9 Å². The van der Waals surface area contributed by atoms with Crippen LogP contribution in [0.5, 0.6) is 0 Å². The Morgan fingerprint density at radius 2 is 1.88 bits per heavy atom. The molecule has 3 aliphatic carbocycles. The second-order valence-corrected chi connectivity index (χ2v) is 11.0. The molecule has 1 heterocycles. The molecule has 5 rings (SSSR count). The predicted octanol–water partition coefficient (Wildman–Crippen LogP) is 4.21. The van der Waals surface area contributed by atoms with Crippen molar-refractivity contribution in [1.29, 1.82) is 0 Å². The molecule has 0 aromatic heterocycles. The summed E-state index contributed by atoms with van der Waals surface area (Å²) < 4.78 is 0. The molecule has 7 atom stereocenters. The second-order valence-electron chi connectivity index (χ2n) is 11.0. The summed E-state index contributed by atoms with van der Waals surface area (Å²) in [5.74, 6) is 1.84. The van der Waals surface area contributed by atoms with E-state index in [2.05, 4.69) is 24.5 Å². The quantitative estimate of drug-likeness (QED) is 0.544. The molecule has 1 aromatic rings. The summed E-state index contributed by atoms with van der Waals surface area (Å²) in [5.41, 5.74) is 0.533. The number of nitro groups is 1. The molecule has 172 valence electrons. The molecule has 2 amide bonds. The van der Waals surface area contributed by atoms with Crippen molar-refractivity contribution in [2.75, 3.05) is 0 Å². The Morgan fingerprint density at radius 3 is 2.66 bits per heavy atom. The molecular formula is C25H33N3O4. The lowest BCUT2D eigenvalue weighted by Crippen LogP contribution is -2.61. The minimum absolute atomic E-state index is 0.0542. The van der Waals surface area contributed by atoms with E-state index in [4.69, 9.17) is 0 Å². The predicted molar refractivity (Wildman–Crippen MR) is 120 cm³/mol. The molecule has 7 heteroatoms. The molecule has 0 bridgehead atoms. The summed E-state index contributed by atoms with van der Waals surface area (Å²) in [4.78, 5) is 35.6. The van der Waals surface area contributed by atoms with Gasteiger partial charge in [-0.2, -0.15) is 0 Å². The third-order valence-corrected chi connectivity index (χ3v) is 9.72. The van der Waals surface area contributed by atoms with Crippen LogP contribution < -0.4 is 10.6 Å². The summed E-state index contributed by atoms with van der Waals surface area (Å²) in [7, 11) is 0. The fraction of sp³-hybridized carbons (Fsp3) is 0.680. The second kappa shape index (κ2) is 7.56. The van der Waals surface area contributed by atoms with Crippen molar-refractivity contribution in [2.24, 2.45) is 28.6 Å². The van der Waals surface area contributed by atoms with Gasteiger partial charge in [0.05, 0.1) is 4.92 Å². The molecule has 0 radical (unpaired) electrons. The molecule has 1 aromatic carbocycles. The van der Waals surface area contributed by atoms with Gasteiger partial charge >= 0.3 is 0 Å². The van der Waals surface area contributed by atoms with Crippen LogP contribution in [0.4, 0.5) is 5.69 Å². The first kappa shape index (κ1) is 21.4. The molecule has 0 spiro atoms. The van der Waals surface area contributed by atoms with E-state index >= 15 is 0 Å². The van der Waals surface area contributed by atoms with Gasteiger partial charge in [-0.15, -0.1) is 0 Å². The SMILES string of the molecule is C[C@]12CCC(=O)NC1CC[C@@H]1[C@H]2CC[C@]2(C)C(NC(=O)c3cccc([N+](=O)[O-])c3)CC[C@@H]12. The van der Waals surface area contributed by atoms with E-state index in [9.17, 15) is 19.7 Å². The number of hydrogen-bond donors (Lipinski definition) is 2. The number of hydrogen-bond acceptors (Lipinski definition) is 4. The highest BCUT2D eigenvalue weighted by Gasteiger charge is 2.60. The van der Waals surface area contributed by atoms with Crippen LogP contribution in [-0.2, 0) is 4.79 Å². The maximum atomic E-state index is 13.0. The van der Waals surface area contributed by atoms with E-state index in [0.29, 0.717) is 35.8 Å². The van der Waals surface area contributed by atoms with Crippen LogP contribution in [0.3, 0.4) is 0 Å². The van der Waals surface area contributed by atoms with E-state index in [1.54, 1.807) is 12.1 Å². The Morgan fingerprint density at radius 1 is 1.09 bits per heavy atom. The number of carbonyl (C=O) groups is 2. The zero-order valence-electron chi connectivity index (χ0n) is 18.9. The van der Waals surface area contributed by atoms with Crippen molar-refractivity contribution in [3.63, 3.8) is 0 Å². The third-order valence-electron chi connectivity index (χ3n) is 9.72. The van der Waals surface area contributed by atoms with Crippen molar-refractivity contribution in [1.82, 2.24) is 10.6 Å². The third kappa shape index (κ3) is 3.23. The number of carbonyl (C=O) groups excluding carboxylic acids is 2. The van der Waals surface area contributed by atoms with Crippen molar-refractivity contribution < 1.29 is 14.5 Å². The van der Waals surface area contributed by atoms with Gasteiger partial charge in [0.15, 0.2) is 0 Å². The Labute approximate surface area is 188 Å². The van der Waals surface area contributed by atoms with Gasteiger partial charge in [0, 0.05) is 36.2 Å². The van der Waals surface area contributed by atoms with E-state index in [1.807, 2.05) is 0 Å². The number of nitro benzene ring substituents is 1. The highest BCUT2D eigenvalue weighted by molar-refractivity contribution is 5.95. The Hall–Kier alpha value is -2.44. The number of nitrogens with one attached hydrogen (secondary N) is 2. The van der Waals surface area contributed by atoms with Gasteiger partial charge in [-0.1, -0.05) is 19.9 Å². The van der Waals surface area contributed by atoms with Crippen LogP contribution in [0, 0.1) is 38.7 Å². The van der Waals surface area contributed by atoms with Crippen LogP contribution in [-0.4, -0.2) is 28.8 Å². The zero-order valence-corrected chi connectivity index (χ0v) is 18.9. The summed E-state index contributed by atoms with van der Waals surface area (Å²) in [5, 5.41) is 17.6. The highest BCUT2D eigenvalue weighted by Crippen LogP contribution is 2.64. The minimum atomic E-state index is -0.463. The largest absolute Gasteiger partial charge is 0.353 e. The van der Waals surface area contributed by atoms with Gasteiger partial charge < -0.3 is 10.6 Å². The maximum Gasteiger partial charge on any atom is 0.270 e. The molecule has 4 aliphatic rings. The molecular weight excluding hydrogens is 406 g/mol. The molecule has 2 N–H and O–H groups in total. The van der Waals surface area contributed by atoms with E-state index in [-0.39, 0.29) is 34.4 Å². The lowest BCUT2D eigenvalue weighted by Gasteiger charge is -2.60. The molecule has 1 saturated heterocycles. The number of rotatable bonds is 3. The maximum absolute atomic E-state index is 13.0. The molecule has 2 unspecified atom stereocenters. The minimum Gasteiger partial charge on any atom is -0.353 e. The summed E-state index contributed by atoms with van der Waals surface area (Å²) >= 11 is 0. The molecule has 3 saturated carbocycles. The van der Waals surface area contributed by atoms with Gasteiger partial charge in [0.1, 0.15) is 0 Å². The fourth-order valence-electron chi connectivity index (χ4n) is 7.94. The zero-order chi connectivity index (χ0) is 22.7. The number of amides is 2. The Kier molecular flexibility index (Phi) is 5.06. The van der Waals surface area contributed by atoms with E-state index in [0.717, 1.165) is 44.9 Å². The number of fused-ring (bicyclic) bond motifs is 5. The number of nitrogens with zero attached hydrogens (tertiary/aromatic N) is 1. The van der Waals surface area contributed by atoms with Crippen molar-refractivity contribution in [2.45, 2.75) is 77.3 Å².